The zero-order valence-electron chi connectivity index (χ0n) is 15.2. The molecule has 1 atom stereocenters. The molecule has 0 spiro atoms. The van der Waals surface area contributed by atoms with Crippen LogP contribution in [0.1, 0.15) is 55.3 Å². The molecule has 0 saturated carbocycles. The molecular formula is C19H23N3O3. The maximum absolute atomic E-state index is 13.2. The number of imide groups is 1. The van der Waals surface area contributed by atoms with Crippen LogP contribution in [0.5, 0.6) is 0 Å². The molecule has 0 N–H and O–H groups in total. The number of amides is 3. The van der Waals surface area contributed by atoms with Gasteiger partial charge in [-0.1, -0.05) is 32.9 Å². The Bertz CT molecular complexity index is 721. The molecule has 0 fully saturated rings. The first-order chi connectivity index (χ1) is 11.6. The third kappa shape index (κ3) is 3.27. The molecular weight excluding hydrogens is 318 g/mol. The van der Waals surface area contributed by atoms with Crippen LogP contribution in [0.15, 0.2) is 24.3 Å². The molecule has 1 unspecified atom stereocenters. The van der Waals surface area contributed by atoms with Gasteiger partial charge in [0.05, 0.1) is 17.2 Å². The van der Waals surface area contributed by atoms with Crippen molar-refractivity contribution in [2.75, 3.05) is 6.54 Å². The van der Waals surface area contributed by atoms with Gasteiger partial charge in [0.15, 0.2) is 0 Å². The number of benzene rings is 1. The maximum Gasteiger partial charge on any atom is 0.262 e. The standard InChI is InChI=1S/C19H23N3O3/c1-12(2)21(11-10-20)18(25)15(19(3,4)5)22-16(23)13-8-6-7-9-14(13)17(22)24/h6-9,12,15H,11H2,1-5H3. The van der Waals surface area contributed by atoms with Gasteiger partial charge in [0, 0.05) is 6.04 Å². The van der Waals surface area contributed by atoms with Gasteiger partial charge >= 0.3 is 0 Å². The molecule has 25 heavy (non-hydrogen) atoms. The van der Waals surface area contributed by atoms with Crippen molar-refractivity contribution in [3.8, 4) is 6.07 Å². The molecule has 0 radical (unpaired) electrons. The monoisotopic (exact) mass is 341 g/mol. The minimum atomic E-state index is -0.976. The van der Waals surface area contributed by atoms with Crippen LogP contribution in [0.25, 0.3) is 0 Å². The Morgan fingerprint density at radius 3 is 2.00 bits per heavy atom. The van der Waals surface area contributed by atoms with Crippen LogP contribution >= 0.6 is 0 Å². The molecule has 1 aromatic carbocycles. The summed E-state index contributed by atoms with van der Waals surface area (Å²) in [5.74, 6) is -1.32. The Kier molecular flexibility index (Phi) is 4.98. The fourth-order valence-electron chi connectivity index (χ4n) is 3.06. The number of hydrogen-bond acceptors (Lipinski definition) is 4. The second-order valence-electron chi connectivity index (χ2n) is 7.51. The molecule has 6 heteroatoms. The van der Waals surface area contributed by atoms with Gasteiger partial charge < -0.3 is 4.90 Å². The van der Waals surface area contributed by atoms with E-state index in [1.54, 1.807) is 38.1 Å². The third-order valence-corrected chi connectivity index (χ3v) is 4.29. The van der Waals surface area contributed by atoms with Crippen LogP contribution in [0.2, 0.25) is 0 Å². The van der Waals surface area contributed by atoms with Gasteiger partial charge in [0.2, 0.25) is 5.91 Å². The maximum atomic E-state index is 13.2. The van der Waals surface area contributed by atoms with E-state index in [0.29, 0.717) is 11.1 Å². The molecule has 0 bridgehead atoms. The lowest BCUT2D eigenvalue weighted by Gasteiger charge is -2.39. The Balaban J connectivity index is 2.51. The quantitative estimate of drug-likeness (QED) is 0.622. The average molecular weight is 341 g/mol. The minimum absolute atomic E-state index is 0.0910. The number of rotatable bonds is 4. The van der Waals surface area contributed by atoms with Gasteiger partial charge in [0.1, 0.15) is 12.6 Å². The smallest absolute Gasteiger partial charge is 0.262 e. The van der Waals surface area contributed by atoms with E-state index in [1.165, 1.54) is 4.90 Å². The van der Waals surface area contributed by atoms with Crippen molar-refractivity contribution in [2.24, 2.45) is 5.41 Å². The number of hydrogen-bond donors (Lipinski definition) is 0. The number of nitrogens with zero attached hydrogens (tertiary/aromatic N) is 3. The molecule has 1 heterocycles. The summed E-state index contributed by atoms with van der Waals surface area (Å²) in [6.45, 7) is 8.94. The summed E-state index contributed by atoms with van der Waals surface area (Å²) in [5, 5.41) is 9.04. The van der Waals surface area contributed by atoms with Crippen molar-refractivity contribution in [3.63, 3.8) is 0 Å². The van der Waals surface area contributed by atoms with Gasteiger partial charge in [-0.3, -0.25) is 19.3 Å². The lowest BCUT2D eigenvalue weighted by molar-refractivity contribution is -0.139. The first-order valence-electron chi connectivity index (χ1n) is 8.25. The largest absolute Gasteiger partial charge is 0.325 e. The highest BCUT2D eigenvalue weighted by atomic mass is 16.2. The van der Waals surface area contributed by atoms with E-state index >= 15 is 0 Å². The molecule has 0 saturated heterocycles. The van der Waals surface area contributed by atoms with E-state index in [-0.39, 0.29) is 12.6 Å². The van der Waals surface area contributed by atoms with E-state index in [0.717, 1.165) is 4.90 Å². The highest BCUT2D eigenvalue weighted by Gasteiger charge is 2.48. The molecule has 6 nitrogen and oxygen atoms in total. The summed E-state index contributed by atoms with van der Waals surface area (Å²) in [6, 6.07) is 7.36. The lowest BCUT2D eigenvalue weighted by atomic mass is 9.84. The Hall–Kier alpha value is -2.68. The normalized spacial score (nSPS) is 15.2. The van der Waals surface area contributed by atoms with Crippen LogP contribution in [0, 0.1) is 16.7 Å². The number of fused-ring (bicyclic) bond motifs is 1. The number of carbonyl (C=O) groups is 3. The molecule has 132 valence electrons. The van der Waals surface area contributed by atoms with Crippen molar-refractivity contribution >= 4 is 17.7 Å². The first-order valence-corrected chi connectivity index (χ1v) is 8.25. The Labute approximate surface area is 148 Å². The van der Waals surface area contributed by atoms with E-state index in [1.807, 2.05) is 26.8 Å². The van der Waals surface area contributed by atoms with Gasteiger partial charge in [0.25, 0.3) is 11.8 Å². The van der Waals surface area contributed by atoms with Crippen LogP contribution in [-0.2, 0) is 4.79 Å². The van der Waals surface area contributed by atoms with Crippen molar-refractivity contribution in [1.82, 2.24) is 9.80 Å². The van der Waals surface area contributed by atoms with Crippen LogP contribution in [0.3, 0.4) is 0 Å². The van der Waals surface area contributed by atoms with Crippen LogP contribution in [0.4, 0.5) is 0 Å². The van der Waals surface area contributed by atoms with Crippen LogP contribution < -0.4 is 0 Å². The molecule has 1 aromatic rings. The molecule has 1 aliphatic heterocycles. The second kappa shape index (κ2) is 6.67. The second-order valence-corrected chi connectivity index (χ2v) is 7.51. The van der Waals surface area contributed by atoms with Gasteiger partial charge in [-0.15, -0.1) is 0 Å². The molecule has 1 aliphatic rings. The predicted molar refractivity (Wildman–Crippen MR) is 92.6 cm³/mol. The Morgan fingerprint density at radius 2 is 1.64 bits per heavy atom. The summed E-state index contributed by atoms with van der Waals surface area (Å²) in [7, 11) is 0. The fraction of sp³-hybridized carbons (Fsp3) is 0.474. The SMILES string of the molecule is CC(C)N(CC#N)C(=O)C(N1C(=O)c2ccccc2C1=O)C(C)(C)C. The van der Waals surface area contributed by atoms with E-state index < -0.39 is 29.2 Å². The van der Waals surface area contributed by atoms with Crippen molar-refractivity contribution < 1.29 is 14.4 Å². The fourth-order valence-corrected chi connectivity index (χ4v) is 3.06. The lowest BCUT2D eigenvalue weighted by Crippen LogP contribution is -2.58. The number of carbonyl (C=O) groups excluding carboxylic acids is 3. The number of nitriles is 1. The summed E-state index contributed by atoms with van der Waals surface area (Å²) < 4.78 is 0. The van der Waals surface area contributed by atoms with Crippen molar-refractivity contribution in [3.05, 3.63) is 35.4 Å². The molecule has 2 rings (SSSR count). The summed E-state index contributed by atoms with van der Waals surface area (Å²) >= 11 is 0. The van der Waals surface area contributed by atoms with Crippen molar-refractivity contribution in [1.29, 1.82) is 5.26 Å². The van der Waals surface area contributed by atoms with E-state index in [9.17, 15) is 14.4 Å². The predicted octanol–water partition coefficient (Wildman–Crippen LogP) is 2.46. The Morgan fingerprint density at radius 1 is 1.16 bits per heavy atom. The van der Waals surface area contributed by atoms with Crippen molar-refractivity contribution in [2.45, 2.75) is 46.7 Å². The zero-order valence-corrected chi connectivity index (χ0v) is 15.2. The molecule has 3 amide bonds. The topological polar surface area (TPSA) is 81.5 Å². The minimum Gasteiger partial charge on any atom is -0.325 e. The van der Waals surface area contributed by atoms with E-state index in [4.69, 9.17) is 5.26 Å². The van der Waals surface area contributed by atoms with E-state index in [2.05, 4.69) is 0 Å². The average Bonchev–Trinajstić information content (AvgIpc) is 2.77. The van der Waals surface area contributed by atoms with Gasteiger partial charge in [-0.05, 0) is 31.4 Å². The third-order valence-electron chi connectivity index (χ3n) is 4.29. The highest BCUT2D eigenvalue weighted by molar-refractivity contribution is 6.22. The zero-order chi connectivity index (χ0) is 18.9. The highest BCUT2D eigenvalue weighted by Crippen LogP contribution is 2.33. The summed E-state index contributed by atoms with van der Waals surface area (Å²) in [5.41, 5.74) is -0.0515. The van der Waals surface area contributed by atoms with Gasteiger partial charge in [-0.25, -0.2) is 0 Å². The molecule has 0 aliphatic carbocycles. The van der Waals surface area contributed by atoms with Crippen LogP contribution in [-0.4, -0.2) is 46.1 Å². The molecule has 0 aromatic heterocycles. The summed E-state index contributed by atoms with van der Waals surface area (Å²) in [4.78, 5) is 41.3. The summed E-state index contributed by atoms with van der Waals surface area (Å²) in [6.07, 6.45) is 0. The first kappa shape index (κ1) is 18.7. The van der Waals surface area contributed by atoms with Gasteiger partial charge in [-0.2, -0.15) is 5.26 Å².